The fourth-order valence-corrected chi connectivity index (χ4v) is 2.29. The van der Waals surface area contributed by atoms with Crippen LogP contribution in [-0.2, 0) is 0 Å². The van der Waals surface area contributed by atoms with Crippen LogP contribution in [0.1, 0.15) is 6.92 Å². The molecule has 1 aliphatic heterocycles. The van der Waals surface area contributed by atoms with Crippen molar-refractivity contribution in [3.8, 4) is 0 Å². The molecule has 0 saturated carbocycles. The highest BCUT2D eigenvalue weighted by Crippen LogP contribution is 2.19. The Bertz CT molecular complexity index is 323. The normalized spacial score (nSPS) is 23.1. The van der Waals surface area contributed by atoms with E-state index in [1.165, 1.54) is 9.26 Å². The number of anilines is 1. The van der Waals surface area contributed by atoms with E-state index in [1.54, 1.807) is 0 Å². The molecule has 2 nitrogen and oxygen atoms in total. The van der Waals surface area contributed by atoms with Crippen molar-refractivity contribution in [3.63, 3.8) is 0 Å². The number of piperazine rings is 1. The monoisotopic (exact) mass is 316 g/mol. The molecule has 0 N–H and O–H groups in total. The summed E-state index contributed by atoms with van der Waals surface area (Å²) in [6, 6.07) is 9.45. The summed E-state index contributed by atoms with van der Waals surface area (Å²) < 4.78 is 1.30. The van der Waals surface area contributed by atoms with Gasteiger partial charge >= 0.3 is 0 Å². The van der Waals surface area contributed by atoms with E-state index in [9.17, 15) is 0 Å². The quantitative estimate of drug-likeness (QED) is 0.734. The van der Waals surface area contributed by atoms with Crippen LogP contribution in [0.15, 0.2) is 24.3 Å². The molecule has 3 heteroatoms. The van der Waals surface area contributed by atoms with Crippen molar-refractivity contribution in [2.75, 3.05) is 31.6 Å². The Kier molecular flexibility index (Phi) is 3.51. The minimum Gasteiger partial charge on any atom is -0.369 e. The van der Waals surface area contributed by atoms with Crippen molar-refractivity contribution in [2.45, 2.75) is 13.0 Å². The van der Waals surface area contributed by atoms with Gasteiger partial charge in [-0.2, -0.15) is 0 Å². The summed E-state index contributed by atoms with van der Waals surface area (Å²) in [5, 5.41) is 0. The van der Waals surface area contributed by atoms with Crippen LogP contribution in [0.25, 0.3) is 0 Å². The Hall–Kier alpha value is -0.290. The van der Waals surface area contributed by atoms with Crippen molar-refractivity contribution in [1.82, 2.24) is 4.90 Å². The van der Waals surface area contributed by atoms with Crippen molar-refractivity contribution >= 4 is 28.3 Å². The van der Waals surface area contributed by atoms with E-state index in [2.05, 4.69) is 70.6 Å². The minimum absolute atomic E-state index is 0.651. The summed E-state index contributed by atoms with van der Waals surface area (Å²) in [6.07, 6.45) is 0. The molecule has 1 aromatic carbocycles. The molecule has 1 heterocycles. The lowest BCUT2D eigenvalue weighted by atomic mass is 10.2. The summed E-state index contributed by atoms with van der Waals surface area (Å²) in [5.41, 5.74) is 1.36. The third-order valence-corrected chi connectivity index (χ3v) is 3.87. The first-order valence-corrected chi connectivity index (χ1v) is 6.45. The van der Waals surface area contributed by atoms with Crippen molar-refractivity contribution in [3.05, 3.63) is 27.8 Å². The molecule has 0 radical (unpaired) electrons. The molecule has 2 rings (SSSR count). The summed E-state index contributed by atoms with van der Waals surface area (Å²) >= 11 is 2.35. The van der Waals surface area contributed by atoms with Gasteiger partial charge in [0.25, 0.3) is 0 Å². The van der Waals surface area contributed by atoms with Gasteiger partial charge in [-0.15, -0.1) is 0 Å². The molecule has 0 aliphatic carbocycles. The van der Waals surface area contributed by atoms with E-state index in [1.807, 2.05) is 0 Å². The van der Waals surface area contributed by atoms with Crippen LogP contribution < -0.4 is 4.90 Å². The Labute approximate surface area is 105 Å². The maximum Gasteiger partial charge on any atom is 0.0367 e. The average molecular weight is 316 g/mol. The number of nitrogens with zero attached hydrogens (tertiary/aromatic N) is 2. The van der Waals surface area contributed by atoms with Crippen molar-refractivity contribution in [2.24, 2.45) is 0 Å². The lowest BCUT2D eigenvalue weighted by Gasteiger charge is -2.39. The van der Waals surface area contributed by atoms with Gasteiger partial charge in [0.2, 0.25) is 0 Å². The molecule has 1 aromatic rings. The highest BCUT2D eigenvalue weighted by molar-refractivity contribution is 14.1. The zero-order valence-electron chi connectivity index (χ0n) is 9.28. The van der Waals surface area contributed by atoms with Crippen molar-refractivity contribution in [1.29, 1.82) is 0 Å². The average Bonchev–Trinajstić information content (AvgIpc) is 2.23. The van der Waals surface area contributed by atoms with E-state index < -0.39 is 0 Å². The molecular formula is C12H17IN2. The molecule has 1 fully saturated rings. The van der Waals surface area contributed by atoms with E-state index in [-0.39, 0.29) is 0 Å². The van der Waals surface area contributed by atoms with E-state index >= 15 is 0 Å². The predicted molar refractivity (Wildman–Crippen MR) is 73.5 cm³/mol. The Balaban J connectivity index is 2.08. The van der Waals surface area contributed by atoms with Crippen LogP contribution in [0, 0.1) is 3.57 Å². The third kappa shape index (κ3) is 2.64. The molecule has 0 aromatic heterocycles. The van der Waals surface area contributed by atoms with Crippen LogP contribution in [0.4, 0.5) is 5.69 Å². The smallest absolute Gasteiger partial charge is 0.0367 e. The molecule has 0 spiro atoms. The van der Waals surface area contributed by atoms with Gasteiger partial charge in [-0.25, -0.2) is 0 Å². The zero-order chi connectivity index (χ0) is 10.8. The lowest BCUT2D eigenvalue weighted by Crippen LogP contribution is -2.50. The lowest BCUT2D eigenvalue weighted by molar-refractivity contribution is 0.234. The second-order valence-electron chi connectivity index (χ2n) is 4.25. The van der Waals surface area contributed by atoms with Gasteiger partial charge in [-0.3, -0.25) is 0 Å². The summed E-state index contributed by atoms with van der Waals surface area (Å²) in [5.74, 6) is 0. The molecule has 0 amide bonds. The van der Waals surface area contributed by atoms with Crippen LogP contribution in [0.5, 0.6) is 0 Å². The largest absolute Gasteiger partial charge is 0.369 e. The van der Waals surface area contributed by atoms with E-state index in [0.717, 1.165) is 19.6 Å². The Morgan fingerprint density at radius 2 is 1.87 bits per heavy atom. The number of hydrogen-bond acceptors (Lipinski definition) is 2. The fourth-order valence-electron chi connectivity index (χ4n) is 1.93. The van der Waals surface area contributed by atoms with E-state index in [4.69, 9.17) is 0 Å². The number of halogens is 1. The standard InChI is InChI=1S/C12H17IN2/c1-10-9-15(8-7-14(10)2)12-5-3-11(13)4-6-12/h3-6,10H,7-9H2,1-2H3/t10-/m1/s1. The third-order valence-electron chi connectivity index (χ3n) is 3.15. The van der Waals surface area contributed by atoms with Gasteiger partial charge in [0.1, 0.15) is 0 Å². The van der Waals surface area contributed by atoms with Crippen LogP contribution >= 0.6 is 22.6 Å². The van der Waals surface area contributed by atoms with Crippen LogP contribution in [0.3, 0.4) is 0 Å². The summed E-state index contributed by atoms with van der Waals surface area (Å²) in [7, 11) is 2.20. The Morgan fingerprint density at radius 1 is 1.20 bits per heavy atom. The number of benzene rings is 1. The maximum atomic E-state index is 2.47. The second kappa shape index (κ2) is 4.70. The first kappa shape index (κ1) is 11.2. The van der Waals surface area contributed by atoms with Crippen LogP contribution in [-0.4, -0.2) is 37.6 Å². The predicted octanol–water partition coefficient (Wildman–Crippen LogP) is 2.43. The van der Waals surface area contributed by atoms with E-state index in [0.29, 0.717) is 6.04 Å². The first-order chi connectivity index (χ1) is 7.16. The van der Waals surface area contributed by atoms with Gasteiger partial charge in [0, 0.05) is 34.9 Å². The van der Waals surface area contributed by atoms with Crippen LogP contribution in [0.2, 0.25) is 0 Å². The Morgan fingerprint density at radius 3 is 2.47 bits per heavy atom. The van der Waals surface area contributed by atoms with Gasteiger partial charge in [0.15, 0.2) is 0 Å². The summed E-state index contributed by atoms with van der Waals surface area (Å²) in [6.45, 7) is 5.73. The van der Waals surface area contributed by atoms with Gasteiger partial charge < -0.3 is 9.80 Å². The molecule has 1 saturated heterocycles. The molecule has 15 heavy (non-hydrogen) atoms. The first-order valence-electron chi connectivity index (χ1n) is 5.37. The van der Waals surface area contributed by atoms with Crippen molar-refractivity contribution < 1.29 is 0 Å². The highest BCUT2D eigenvalue weighted by Gasteiger charge is 2.20. The number of rotatable bonds is 1. The zero-order valence-corrected chi connectivity index (χ0v) is 11.4. The fraction of sp³-hybridized carbons (Fsp3) is 0.500. The molecule has 1 aliphatic rings. The number of hydrogen-bond donors (Lipinski definition) is 0. The minimum atomic E-state index is 0.651. The van der Waals surface area contributed by atoms with Gasteiger partial charge in [-0.05, 0) is 60.8 Å². The molecule has 0 unspecified atom stereocenters. The molecule has 1 atom stereocenters. The molecule has 0 bridgehead atoms. The van der Waals surface area contributed by atoms with Gasteiger partial charge in [-0.1, -0.05) is 0 Å². The molecule has 82 valence electrons. The SMILES string of the molecule is C[C@@H]1CN(c2ccc(I)cc2)CCN1C. The number of likely N-dealkylation sites (N-methyl/N-ethyl adjacent to an activating group) is 1. The molecular weight excluding hydrogens is 299 g/mol. The maximum absolute atomic E-state index is 2.47. The van der Waals surface area contributed by atoms with Gasteiger partial charge in [0.05, 0.1) is 0 Å². The highest BCUT2D eigenvalue weighted by atomic mass is 127. The topological polar surface area (TPSA) is 6.48 Å². The summed E-state index contributed by atoms with van der Waals surface area (Å²) in [4.78, 5) is 4.89. The second-order valence-corrected chi connectivity index (χ2v) is 5.50.